The first-order valence-corrected chi connectivity index (χ1v) is 9.32. The molecule has 0 aromatic carbocycles. The topological polar surface area (TPSA) is 109 Å². The normalized spacial score (nSPS) is 11.7. The highest BCUT2D eigenvalue weighted by molar-refractivity contribution is 6.23. The number of pyridine rings is 2. The molecule has 8 heteroatoms. The van der Waals surface area contributed by atoms with Crippen LogP contribution in [0.5, 0.6) is 0 Å². The number of nitrogens with zero attached hydrogens (tertiary/aromatic N) is 4. The lowest BCUT2D eigenvalue weighted by molar-refractivity contribution is 0.245. The van der Waals surface area contributed by atoms with Crippen LogP contribution in [0.15, 0.2) is 42.9 Å². The first-order chi connectivity index (χ1) is 14.0. The van der Waals surface area contributed by atoms with Gasteiger partial charge in [0.05, 0.1) is 29.5 Å². The Morgan fingerprint density at radius 3 is 2.72 bits per heavy atom. The van der Waals surface area contributed by atoms with Crippen LogP contribution in [0, 0.1) is 5.41 Å². The Bertz CT molecular complexity index is 1050. The molecular formula is C21H25N7O. The monoisotopic (exact) mass is 391 g/mol. The Kier molecular flexibility index (Phi) is 6.46. The quantitative estimate of drug-likeness (QED) is 0.504. The van der Waals surface area contributed by atoms with E-state index < -0.39 is 0 Å². The molecule has 3 rings (SSSR count). The van der Waals surface area contributed by atoms with E-state index in [4.69, 9.17) is 10.1 Å². The van der Waals surface area contributed by atoms with E-state index in [0.717, 1.165) is 16.6 Å². The first kappa shape index (κ1) is 20.3. The van der Waals surface area contributed by atoms with Gasteiger partial charge in [-0.1, -0.05) is 13.8 Å². The van der Waals surface area contributed by atoms with Gasteiger partial charge in [-0.3, -0.25) is 4.98 Å². The van der Waals surface area contributed by atoms with Crippen molar-refractivity contribution in [2.24, 2.45) is 0 Å². The van der Waals surface area contributed by atoms with Crippen molar-refractivity contribution in [3.8, 4) is 0 Å². The number of nitrogens with one attached hydrogen (secondary N) is 3. The van der Waals surface area contributed by atoms with Crippen molar-refractivity contribution < 1.29 is 4.74 Å². The third-order valence-corrected chi connectivity index (χ3v) is 4.35. The van der Waals surface area contributed by atoms with Crippen molar-refractivity contribution in [2.45, 2.75) is 19.8 Å². The zero-order valence-electron chi connectivity index (χ0n) is 17.0. The maximum atomic E-state index is 8.23. The highest BCUT2D eigenvalue weighted by Crippen LogP contribution is 2.22. The number of methoxy groups -OCH3 is 1. The molecule has 8 nitrogen and oxygen atoms in total. The lowest BCUT2D eigenvalue weighted by Crippen LogP contribution is -2.11. The zero-order chi connectivity index (χ0) is 20.8. The minimum absolute atomic E-state index is 0.214. The maximum absolute atomic E-state index is 8.23. The summed E-state index contributed by atoms with van der Waals surface area (Å²) in [4.78, 5) is 9.15. The number of hydrogen-bond acceptors (Lipinski definition) is 8. The number of hydrogen-bond donors (Lipinski definition) is 3. The summed E-state index contributed by atoms with van der Waals surface area (Å²) in [7, 11) is 3.36. The van der Waals surface area contributed by atoms with Crippen molar-refractivity contribution >= 4 is 34.0 Å². The lowest BCUT2D eigenvalue weighted by atomic mass is 10.0. The van der Waals surface area contributed by atoms with Crippen LogP contribution in [0.1, 0.15) is 30.9 Å². The van der Waals surface area contributed by atoms with Crippen LogP contribution in [0.2, 0.25) is 0 Å². The van der Waals surface area contributed by atoms with Crippen LogP contribution in [0.4, 0.5) is 11.6 Å². The fourth-order valence-corrected chi connectivity index (χ4v) is 2.82. The van der Waals surface area contributed by atoms with Crippen LogP contribution in [-0.4, -0.2) is 46.6 Å². The van der Waals surface area contributed by atoms with Gasteiger partial charge >= 0.3 is 0 Å². The predicted molar refractivity (Wildman–Crippen MR) is 116 cm³/mol. The van der Waals surface area contributed by atoms with E-state index in [9.17, 15) is 0 Å². The van der Waals surface area contributed by atoms with E-state index in [1.54, 1.807) is 32.8 Å². The molecule has 3 N–H and O–H groups in total. The van der Waals surface area contributed by atoms with Crippen molar-refractivity contribution in [3.05, 3.63) is 54.0 Å². The molecule has 0 unspecified atom stereocenters. The summed E-state index contributed by atoms with van der Waals surface area (Å²) in [6.45, 7) is 4.44. The van der Waals surface area contributed by atoms with Crippen molar-refractivity contribution in [1.29, 1.82) is 5.41 Å². The summed E-state index contributed by atoms with van der Waals surface area (Å²) < 4.78 is 5.10. The van der Waals surface area contributed by atoms with Crippen LogP contribution >= 0.6 is 0 Å². The number of aromatic nitrogens is 4. The molecule has 150 valence electrons. The van der Waals surface area contributed by atoms with E-state index in [0.29, 0.717) is 34.4 Å². The highest BCUT2D eigenvalue weighted by atomic mass is 16.5. The first-order valence-electron chi connectivity index (χ1n) is 9.32. The molecule has 3 aromatic heterocycles. The Hall–Kier alpha value is -3.39. The average Bonchev–Trinajstić information content (AvgIpc) is 2.72. The molecular weight excluding hydrogens is 366 g/mol. The second-order valence-electron chi connectivity index (χ2n) is 6.87. The van der Waals surface area contributed by atoms with Gasteiger partial charge in [-0.05, 0) is 35.7 Å². The smallest absolute Gasteiger partial charge is 0.154 e. The second-order valence-corrected chi connectivity index (χ2v) is 6.87. The Labute approximate surface area is 170 Å². The van der Waals surface area contributed by atoms with E-state index >= 15 is 0 Å². The van der Waals surface area contributed by atoms with Crippen LogP contribution in [-0.2, 0) is 4.74 Å². The number of ether oxygens (including phenoxy) is 1. The SMILES string of the molecule is CN/C=C(\C(=N)COC)c1cnc2ccc(Nc3cc(C(C)C)cnn3)nc2c1. The van der Waals surface area contributed by atoms with Gasteiger partial charge in [0, 0.05) is 37.7 Å². The molecule has 0 atom stereocenters. The lowest BCUT2D eigenvalue weighted by Gasteiger charge is -2.11. The van der Waals surface area contributed by atoms with Crippen LogP contribution in [0.3, 0.4) is 0 Å². The maximum Gasteiger partial charge on any atom is 0.154 e. The Morgan fingerprint density at radius 2 is 2.00 bits per heavy atom. The predicted octanol–water partition coefficient (Wildman–Crippen LogP) is 3.51. The largest absolute Gasteiger partial charge is 0.393 e. The fraction of sp³-hybridized carbons (Fsp3) is 0.286. The van der Waals surface area contributed by atoms with Gasteiger partial charge in [0.1, 0.15) is 5.82 Å². The molecule has 0 saturated heterocycles. The highest BCUT2D eigenvalue weighted by Gasteiger charge is 2.11. The summed E-state index contributed by atoms with van der Waals surface area (Å²) in [5, 5.41) is 22.6. The van der Waals surface area contributed by atoms with Gasteiger partial charge in [-0.25, -0.2) is 4.98 Å². The summed E-state index contributed by atoms with van der Waals surface area (Å²) in [5.74, 6) is 1.66. The van der Waals surface area contributed by atoms with E-state index in [1.807, 2.05) is 24.3 Å². The van der Waals surface area contributed by atoms with E-state index in [2.05, 4.69) is 44.6 Å². The third-order valence-electron chi connectivity index (χ3n) is 4.35. The Balaban J connectivity index is 1.93. The van der Waals surface area contributed by atoms with Crippen molar-refractivity contribution in [3.63, 3.8) is 0 Å². The van der Waals surface area contributed by atoms with Gasteiger partial charge in [-0.2, -0.15) is 5.10 Å². The molecule has 0 spiro atoms. The number of fused-ring (bicyclic) bond motifs is 1. The van der Waals surface area contributed by atoms with E-state index in [1.165, 1.54) is 0 Å². The van der Waals surface area contributed by atoms with Crippen LogP contribution < -0.4 is 10.6 Å². The molecule has 0 amide bonds. The van der Waals surface area contributed by atoms with Crippen molar-refractivity contribution in [2.75, 3.05) is 26.1 Å². The average molecular weight is 391 g/mol. The number of rotatable bonds is 8. The minimum Gasteiger partial charge on any atom is -0.393 e. The number of anilines is 2. The molecule has 0 bridgehead atoms. The molecule has 0 aliphatic carbocycles. The van der Waals surface area contributed by atoms with Crippen LogP contribution in [0.25, 0.3) is 16.6 Å². The fourth-order valence-electron chi connectivity index (χ4n) is 2.82. The van der Waals surface area contributed by atoms with E-state index in [-0.39, 0.29) is 6.61 Å². The van der Waals surface area contributed by atoms with Gasteiger partial charge in [0.25, 0.3) is 0 Å². The third kappa shape index (κ3) is 4.91. The van der Waals surface area contributed by atoms with Gasteiger partial charge in [-0.15, -0.1) is 5.10 Å². The summed E-state index contributed by atoms with van der Waals surface area (Å²) in [6, 6.07) is 7.64. The van der Waals surface area contributed by atoms with Gasteiger partial charge in [0.15, 0.2) is 5.82 Å². The molecule has 0 radical (unpaired) electrons. The second kappa shape index (κ2) is 9.20. The standard InChI is InChI=1S/C21H25N7O/c1-13(2)14-8-21(28-25-10-14)27-20-6-5-18-19(26-20)7-15(9-24-18)16(11-23-3)17(22)12-29-4/h5-11,13,22-23H,12H2,1-4H3,(H,26,27,28)/b16-11-,22-17?. The molecule has 3 aromatic rings. The molecule has 0 aliphatic heterocycles. The molecule has 3 heterocycles. The van der Waals surface area contributed by atoms with Crippen molar-refractivity contribution in [1.82, 2.24) is 25.5 Å². The molecule has 0 saturated carbocycles. The minimum atomic E-state index is 0.214. The molecule has 0 fully saturated rings. The van der Waals surface area contributed by atoms with Gasteiger partial charge in [0.2, 0.25) is 0 Å². The molecule has 29 heavy (non-hydrogen) atoms. The summed E-state index contributed by atoms with van der Waals surface area (Å²) >= 11 is 0. The molecule has 0 aliphatic rings. The summed E-state index contributed by atoms with van der Waals surface area (Å²) in [5.41, 5.74) is 4.44. The van der Waals surface area contributed by atoms with Gasteiger partial charge < -0.3 is 20.8 Å². The zero-order valence-corrected chi connectivity index (χ0v) is 17.0. The Morgan fingerprint density at radius 1 is 1.17 bits per heavy atom. The summed E-state index contributed by atoms with van der Waals surface area (Å²) in [6.07, 6.45) is 5.27.